The Labute approximate surface area is 98.9 Å². The van der Waals surface area contributed by atoms with Gasteiger partial charge in [-0.3, -0.25) is 9.59 Å². The molecule has 0 radical (unpaired) electrons. The van der Waals surface area contributed by atoms with E-state index in [1.165, 1.54) is 4.90 Å². The van der Waals surface area contributed by atoms with Gasteiger partial charge < -0.3 is 21.1 Å². The van der Waals surface area contributed by atoms with E-state index in [0.717, 1.165) is 0 Å². The number of primary amides is 1. The maximum absolute atomic E-state index is 11.7. The number of carboxylic acid groups (broad SMARTS) is 1. The first-order valence-electron chi connectivity index (χ1n) is 5.49. The molecule has 0 bridgehead atoms. The molecule has 7 nitrogen and oxygen atoms in total. The lowest BCUT2D eigenvalue weighted by Crippen LogP contribution is -2.44. The first-order valence-corrected chi connectivity index (χ1v) is 5.49. The number of carboxylic acids is 1. The van der Waals surface area contributed by atoms with E-state index in [0.29, 0.717) is 13.0 Å². The minimum absolute atomic E-state index is 0.0797. The fraction of sp³-hybridized carbons (Fsp3) is 0.700. The van der Waals surface area contributed by atoms with Gasteiger partial charge in [-0.05, 0) is 13.3 Å². The van der Waals surface area contributed by atoms with Crippen molar-refractivity contribution in [2.75, 3.05) is 13.1 Å². The Morgan fingerprint density at radius 3 is 2.59 bits per heavy atom. The highest BCUT2D eigenvalue weighted by atomic mass is 16.4. The van der Waals surface area contributed by atoms with Crippen LogP contribution in [0.4, 0.5) is 4.79 Å². The molecule has 7 heteroatoms. The molecule has 2 unspecified atom stereocenters. The fourth-order valence-electron chi connectivity index (χ4n) is 1.95. The molecule has 0 saturated carbocycles. The molecule has 4 N–H and O–H groups in total. The minimum atomic E-state index is -0.884. The third-order valence-electron chi connectivity index (χ3n) is 2.98. The van der Waals surface area contributed by atoms with Crippen molar-refractivity contribution in [3.8, 4) is 0 Å². The average Bonchev–Trinajstić information content (AvgIpc) is 2.59. The van der Waals surface area contributed by atoms with Gasteiger partial charge in [-0.25, -0.2) is 4.79 Å². The highest BCUT2D eigenvalue weighted by molar-refractivity contribution is 5.79. The van der Waals surface area contributed by atoms with Gasteiger partial charge in [-0.15, -0.1) is 0 Å². The number of nitrogens with zero attached hydrogens (tertiary/aromatic N) is 1. The zero-order valence-electron chi connectivity index (χ0n) is 9.68. The van der Waals surface area contributed by atoms with Crippen molar-refractivity contribution in [3.63, 3.8) is 0 Å². The first-order chi connectivity index (χ1) is 7.93. The number of aliphatic carboxylic acids is 1. The quantitative estimate of drug-likeness (QED) is 0.609. The van der Waals surface area contributed by atoms with Crippen molar-refractivity contribution in [3.05, 3.63) is 0 Å². The standard InChI is InChI=1S/C10H17N3O4/c1-6-7(9(15)16)3-5-13(6)10(17)12-4-2-8(11)14/h6-7H,2-5H2,1H3,(H2,11,14)(H,12,17)(H,15,16). The molecule has 0 aromatic heterocycles. The zero-order chi connectivity index (χ0) is 13.0. The summed E-state index contributed by atoms with van der Waals surface area (Å²) in [6.07, 6.45) is 0.538. The molecule has 0 aliphatic carbocycles. The van der Waals surface area contributed by atoms with Crippen LogP contribution < -0.4 is 11.1 Å². The van der Waals surface area contributed by atoms with Crippen LogP contribution in [0.2, 0.25) is 0 Å². The summed E-state index contributed by atoms with van der Waals surface area (Å²) >= 11 is 0. The van der Waals surface area contributed by atoms with E-state index in [9.17, 15) is 14.4 Å². The molecule has 17 heavy (non-hydrogen) atoms. The van der Waals surface area contributed by atoms with E-state index >= 15 is 0 Å². The summed E-state index contributed by atoms with van der Waals surface area (Å²) in [5.74, 6) is -1.88. The lowest BCUT2D eigenvalue weighted by Gasteiger charge is -2.23. The second-order valence-electron chi connectivity index (χ2n) is 4.12. The Morgan fingerprint density at radius 1 is 1.47 bits per heavy atom. The van der Waals surface area contributed by atoms with Gasteiger partial charge in [0.15, 0.2) is 0 Å². The van der Waals surface area contributed by atoms with Gasteiger partial charge in [-0.1, -0.05) is 0 Å². The largest absolute Gasteiger partial charge is 0.481 e. The van der Waals surface area contributed by atoms with E-state index in [2.05, 4.69) is 5.32 Å². The van der Waals surface area contributed by atoms with Crippen LogP contribution in [0.5, 0.6) is 0 Å². The average molecular weight is 243 g/mol. The number of urea groups is 1. The molecule has 96 valence electrons. The number of rotatable bonds is 4. The molecule has 1 rings (SSSR count). The van der Waals surface area contributed by atoms with Crippen LogP contribution in [-0.2, 0) is 9.59 Å². The van der Waals surface area contributed by atoms with Gasteiger partial charge in [0.05, 0.1) is 5.92 Å². The Balaban J connectivity index is 2.43. The summed E-state index contributed by atoms with van der Waals surface area (Å²) in [6.45, 7) is 2.30. The Morgan fingerprint density at radius 2 is 2.12 bits per heavy atom. The number of likely N-dealkylation sites (tertiary alicyclic amines) is 1. The maximum atomic E-state index is 11.7. The number of nitrogens with two attached hydrogens (primary N) is 1. The van der Waals surface area contributed by atoms with Crippen molar-refractivity contribution in [1.82, 2.24) is 10.2 Å². The van der Waals surface area contributed by atoms with Crippen molar-refractivity contribution >= 4 is 17.9 Å². The van der Waals surface area contributed by atoms with Crippen molar-refractivity contribution in [1.29, 1.82) is 0 Å². The molecule has 1 saturated heterocycles. The molecular formula is C10H17N3O4. The van der Waals surface area contributed by atoms with Crippen LogP contribution in [0.3, 0.4) is 0 Å². The van der Waals surface area contributed by atoms with Crippen LogP contribution in [-0.4, -0.2) is 47.0 Å². The molecule has 1 fully saturated rings. The number of nitrogens with one attached hydrogen (secondary N) is 1. The summed E-state index contributed by atoms with van der Waals surface area (Å²) in [4.78, 5) is 34.5. The first kappa shape index (κ1) is 13.3. The van der Waals surface area contributed by atoms with E-state index in [1.54, 1.807) is 6.92 Å². The smallest absolute Gasteiger partial charge is 0.317 e. The number of amides is 3. The Kier molecular flexibility index (Phi) is 4.30. The predicted octanol–water partition coefficient (Wildman–Crippen LogP) is -0.634. The molecular weight excluding hydrogens is 226 g/mol. The van der Waals surface area contributed by atoms with E-state index in [-0.39, 0.29) is 25.0 Å². The van der Waals surface area contributed by atoms with Crippen molar-refractivity contribution < 1.29 is 19.5 Å². The molecule has 0 aromatic carbocycles. The number of hydrogen-bond acceptors (Lipinski definition) is 3. The van der Waals surface area contributed by atoms with Gasteiger partial charge in [0.2, 0.25) is 5.91 Å². The molecule has 1 aliphatic rings. The number of hydrogen-bond donors (Lipinski definition) is 3. The van der Waals surface area contributed by atoms with Crippen molar-refractivity contribution in [2.24, 2.45) is 11.7 Å². The van der Waals surface area contributed by atoms with Gasteiger partial charge in [0.1, 0.15) is 0 Å². The topological polar surface area (TPSA) is 113 Å². The van der Waals surface area contributed by atoms with Gasteiger partial charge in [-0.2, -0.15) is 0 Å². The third-order valence-corrected chi connectivity index (χ3v) is 2.98. The summed E-state index contributed by atoms with van der Waals surface area (Å²) in [7, 11) is 0. The second-order valence-corrected chi connectivity index (χ2v) is 4.12. The lowest BCUT2D eigenvalue weighted by atomic mass is 10.0. The summed E-state index contributed by atoms with van der Waals surface area (Å²) < 4.78 is 0. The van der Waals surface area contributed by atoms with Crippen LogP contribution in [0.25, 0.3) is 0 Å². The van der Waals surface area contributed by atoms with Crippen molar-refractivity contribution in [2.45, 2.75) is 25.8 Å². The van der Waals surface area contributed by atoms with Crippen LogP contribution in [0.15, 0.2) is 0 Å². The SMILES string of the molecule is CC1C(C(=O)O)CCN1C(=O)NCCC(N)=O. The summed E-state index contributed by atoms with van der Waals surface area (Å²) in [5, 5.41) is 11.5. The van der Waals surface area contributed by atoms with E-state index in [4.69, 9.17) is 10.8 Å². The van der Waals surface area contributed by atoms with Gasteiger partial charge in [0.25, 0.3) is 0 Å². The monoisotopic (exact) mass is 243 g/mol. The molecule has 0 aromatic rings. The molecule has 1 aliphatic heterocycles. The number of carbonyl (C=O) groups is 3. The predicted molar refractivity (Wildman–Crippen MR) is 59.1 cm³/mol. The minimum Gasteiger partial charge on any atom is -0.481 e. The summed E-state index contributed by atoms with van der Waals surface area (Å²) in [5.41, 5.74) is 4.94. The Bertz CT molecular complexity index is 332. The fourth-order valence-corrected chi connectivity index (χ4v) is 1.95. The zero-order valence-corrected chi connectivity index (χ0v) is 9.68. The highest BCUT2D eigenvalue weighted by Gasteiger charge is 2.37. The second kappa shape index (κ2) is 5.51. The maximum Gasteiger partial charge on any atom is 0.317 e. The van der Waals surface area contributed by atoms with Gasteiger partial charge >= 0.3 is 12.0 Å². The molecule has 1 heterocycles. The van der Waals surface area contributed by atoms with E-state index in [1.807, 2.05) is 0 Å². The van der Waals surface area contributed by atoms with Crippen LogP contribution in [0, 0.1) is 5.92 Å². The Hall–Kier alpha value is -1.79. The van der Waals surface area contributed by atoms with Crippen LogP contribution >= 0.6 is 0 Å². The highest BCUT2D eigenvalue weighted by Crippen LogP contribution is 2.24. The van der Waals surface area contributed by atoms with Gasteiger partial charge in [0, 0.05) is 25.6 Å². The molecule has 2 atom stereocenters. The molecule has 3 amide bonds. The van der Waals surface area contributed by atoms with Crippen LogP contribution in [0.1, 0.15) is 19.8 Å². The number of carbonyl (C=O) groups excluding carboxylic acids is 2. The normalized spacial score (nSPS) is 23.5. The summed E-state index contributed by atoms with van der Waals surface area (Å²) in [6, 6.07) is -0.677. The van der Waals surface area contributed by atoms with E-state index < -0.39 is 17.8 Å². The third kappa shape index (κ3) is 3.33. The lowest BCUT2D eigenvalue weighted by molar-refractivity contribution is -0.142. The molecule has 0 spiro atoms.